The van der Waals surface area contributed by atoms with Crippen molar-refractivity contribution < 1.29 is 14.2 Å². The molecule has 1 N–H and O–H groups in total. The Morgan fingerprint density at radius 3 is 2.80 bits per heavy atom. The van der Waals surface area contributed by atoms with Crippen molar-refractivity contribution in [3.05, 3.63) is 40.4 Å². The molecule has 0 spiro atoms. The van der Waals surface area contributed by atoms with Gasteiger partial charge in [0.15, 0.2) is 17.0 Å². The van der Waals surface area contributed by atoms with Crippen molar-refractivity contribution in [2.75, 3.05) is 13.2 Å². The van der Waals surface area contributed by atoms with Crippen LogP contribution in [0.3, 0.4) is 0 Å². The van der Waals surface area contributed by atoms with E-state index < -0.39 is 5.82 Å². The summed E-state index contributed by atoms with van der Waals surface area (Å²) in [6.45, 7) is -0.148. The van der Waals surface area contributed by atoms with Crippen molar-refractivity contribution in [1.82, 2.24) is 4.57 Å². The molecular weight excluding hydrogens is 285 g/mol. The molecule has 3 rings (SSSR count). The average Bonchev–Trinajstić information content (AvgIpc) is 3.22. The molecule has 1 aromatic carbocycles. The van der Waals surface area contributed by atoms with E-state index in [1.54, 1.807) is 12.3 Å². The number of aliphatic hydroxyl groups is 1. The summed E-state index contributed by atoms with van der Waals surface area (Å²) in [6.07, 6.45) is 3.89. The lowest BCUT2D eigenvalue weighted by molar-refractivity contribution is 0.196. The molecule has 2 aromatic rings. The summed E-state index contributed by atoms with van der Waals surface area (Å²) < 4.78 is 21.0. The standard InChI is InChI=1S/C14H14FNO3.ClH/c15-11-7-10-12(8-14(11)19-6-5-17)16(9-1-2-9)4-3-13(10)18;/h3-4,7-9,17H,1-2,5-6H2;1H. The number of nitrogens with zero attached hydrogens (tertiary/aromatic N) is 1. The maximum Gasteiger partial charge on any atom is 0.189 e. The first-order chi connectivity index (χ1) is 9.20. The van der Waals surface area contributed by atoms with Crippen LogP contribution in [-0.4, -0.2) is 22.9 Å². The number of halogens is 2. The maximum atomic E-state index is 13.8. The normalized spacial score (nSPS) is 14.1. The van der Waals surface area contributed by atoms with E-state index >= 15 is 0 Å². The van der Waals surface area contributed by atoms with E-state index in [2.05, 4.69) is 0 Å². The number of aliphatic hydroxyl groups excluding tert-OH is 1. The molecule has 4 nitrogen and oxygen atoms in total. The Morgan fingerprint density at radius 2 is 2.15 bits per heavy atom. The molecule has 6 heteroatoms. The fourth-order valence-corrected chi connectivity index (χ4v) is 2.21. The lowest BCUT2D eigenvalue weighted by Gasteiger charge is -2.12. The van der Waals surface area contributed by atoms with Crippen molar-refractivity contribution in [1.29, 1.82) is 0 Å². The summed E-state index contributed by atoms with van der Waals surface area (Å²) in [5, 5.41) is 9.09. The molecule has 0 aliphatic heterocycles. The molecule has 20 heavy (non-hydrogen) atoms. The smallest absolute Gasteiger partial charge is 0.189 e. The minimum absolute atomic E-state index is 0. The van der Waals surface area contributed by atoms with Gasteiger partial charge in [-0.1, -0.05) is 0 Å². The van der Waals surface area contributed by atoms with Gasteiger partial charge in [-0.25, -0.2) is 4.39 Å². The van der Waals surface area contributed by atoms with Gasteiger partial charge >= 0.3 is 0 Å². The summed E-state index contributed by atoms with van der Waals surface area (Å²) in [5.41, 5.74) is 0.490. The predicted molar refractivity (Wildman–Crippen MR) is 76.3 cm³/mol. The number of rotatable bonds is 4. The third-order valence-corrected chi connectivity index (χ3v) is 3.27. The molecule has 0 saturated heterocycles. The highest BCUT2D eigenvalue weighted by atomic mass is 35.5. The number of hydrogen-bond donors (Lipinski definition) is 1. The Morgan fingerprint density at radius 1 is 1.40 bits per heavy atom. The lowest BCUT2D eigenvalue weighted by atomic mass is 10.2. The van der Waals surface area contributed by atoms with Gasteiger partial charge in [-0.3, -0.25) is 4.79 Å². The van der Waals surface area contributed by atoms with Crippen molar-refractivity contribution in [3.63, 3.8) is 0 Å². The van der Waals surface area contributed by atoms with E-state index in [1.165, 1.54) is 12.1 Å². The first-order valence-corrected chi connectivity index (χ1v) is 6.29. The molecule has 0 amide bonds. The molecule has 108 valence electrons. The maximum absolute atomic E-state index is 13.8. The van der Waals surface area contributed by atoms with Crippen LogP contribution in [0.25, 0.3) is 10.9 Å². The molecule has 1 aliphatic carbocycles. The van der Waals surface area contributed by atoms with Gasteiger partial charge in [0.2, 0.25) is 0 Å². The zero-order valence-electron chi connectivity index (χ0n) is 10.7. The number of pyridine rings is 1. The topological polar surface area (TPSA) is 51.5 Å². The van der Waals surface area contributed by atoms with Gasteiger partial charge in [-0.15, -0.1) is 12.4 Å². The van der Waals surface area contributed by atoms with Crippen LogP contribution in [0.4, 0.5) is 4.39 Å². The molecule has 0 atom stereocenters. The van der Waals surface area contributed by atoms with Crippen molar-refractivity contribution in [2.45, 2.75) is 18.9 Å². The van der Waals surface area contributed by atoms with Crippen LogP contribution in [-0.2, 0) is 0 Å². The minimum Gasteiger partial charge on any atom is -0.488 e. The number of hydrogen-bond acceptors (Lipinski definition) is 3. The Hall–Kier alpha value is -1.59. The van der Waals surface area contributed by atoms with Crippen LogP contribution in [0, 0.1) is 5.82 Å². The van der Waals surface area contributed by atoms with E-state index in [0.717, 1.165) is 12.8 Å². The first-order valence-electron chi connectivity index (χ1n) is 6.29. The van der Waals surface area contributed by atoms with Gasteiger partial charge in [0.25, 0.3) is 0 Å². The zero-order chi connectivity index (χ0) is 13.4. The van der Waals surface area contributed by atoms with E-state index in [4.69, 9.17) is 9.84 Å². The number of ether oxygens (including phenoxy) is 1. The van der Waals surface area contributed by atoms with Crippen molar-refractivity contribution in [2.24, 2.45) is 0 Å². The number of benzene rings is 1. The van der Waals surface area contributed by atoms with Gasteiger partial charge < -0.3 is 14.4 Å². The molecule has 0 radical (unpaired) electrons. The molecule has 1 heterocycles. The highest BCUT2D eigenvalue weighted by Gasteiger charge is 2.24. The monoisotopic (exact) mass is 299 g/mol. The second kappa shape index (κ2) is 5.81. The quantitative estimate of drug-likeness (QED) is 0.942. The second-order valence-corrected chi connectivity index (χ2v) is 4.69. The van der Waals surface area contributed by atoms with E-state index in [-0.39, 0.29) is 36.8 Å². The summed E-state index contributed by atoms with van der Waals surface area (Å²) in [5.74, 6) is -0.506. The zero-order valence-corrected chi connectivity index (χ0v) is 11.5. The van der Waals surface area contributed by atoms with Crippen LogP contribution in [0.15, 0.2) is 29.2 Å². The molecular formula is C14H15ClFNO3. The van der Waals surface area contributed by atoms with E-state index in [9.17, 15) is 9.18 Å². The van der Waals surface area contributed by atoms with Gasteiger partial charge in [-0.05, 0) is 18.9 Å². The highest BCUT2D eigenvalue weighted by molar-refractivity contribution is 5.85. The molecule has 0 bridgehead atoms. The van der Waals surface area contributed by atoms with Crippen molar-refractivity contribution in [3.8, 4) is 5.75 Å². The molecule has 1 saturated carbocycles. The number of aromatic nitrogens is 1. The Balaban J connectivity index is 0.00000147. The Bertz CT molecular complexity index is 682. The van der Waals surface area contributed by atoms with Crippen LogP contribution in [0.1, 0.15) is 18.9 Å². The largest absolute Gasteiger partial charge is 0.488 e. The predicted octanol–water partition coefficient (Wildman–Crippen LogP) is 2.27. The molecule has 1 aliphatic rings. The third-order valence-electron chi connectivity index (χ3n) is 3.27. The summed E-state index contributed by atoms with van der Waals surface area (Å²) in [7, 11) is 0. The first kappa shape index (κ1) is 14.8. The van der Waals surface area contributed by atoms with E-state index in [1.807, 2.05) is 4.57 Å². The average molecular weight is 300 g/mol. The fraction of sp³-hybridized carbons (Fsp3) is 0.357. The van der Waals surface area contributed by atoms with Gasteiger partial charge in [0, 0.05) is 29.8 Å². The van der Waals surface area contributed by atoms with Gasteiger partial charge in [0.1, 0.15) is 6.61 Å². The van der Waals surface area contributed by atoms with Crippen LogP contribution >= 0.6 is 12.4 Å². The van der Waals surface area contributed by atoms with Crippen LogP contribution < -0.4 is 10.2 Å². The van der Waals surface area contributed by atoms with Crippen LogP contribution in [0.5, 0.6) is 5.75 Å². The summed E-state index contributed by atoms with van der Waals surface area (Å²) in [6, 6.07) is 4.61. The molecule has 0 unspecified atom stereocenters. The highest BCUT2D eigenvalue weighted by Crippen LogP contribution is 2.37. The summed E-state index contributed by atoms with van der Waals surface area (Å²) >= 11 is 0. The van der Waals surface area contributed by atoms with E-state index in [0.29, 0.717) is 16.9 Å². The SMILES string of the molecule is Cl.O=c1ccn(C2CC2)c2cc(OCCO)c(F)cc12. The van der Waals surface area contributed by atoms with Crippen LogP contribution in [0.2, 0.25) is 0 Å². The fourth-order valence-electron chi connectivity index (χ4n) is 2.21. The minimum atomic E-state index is -0.577. The number of fused-ring (bicyclic) bond motifs is 1. The molecule has 1 aromatic heterocycles. The second-order valence-electron chi connectivity index (χ2n) is 4.69. The van der Waals surface area contributed by atoms with Crippen molar-refractivity contribution >= 4 is 23.3 Å². The summed E-state index contributed by atoms with van der Waals surface area (Å²) in [4.78, 5) is 11.8. The lowest BCUT2D eigenvalue weighted by Crippen LogP contribution is -2.09. The van der Waals surface area contributed by atoms with Gasteiger partial charge in [-0.2, -0.15) is 0 Å². The van der Waals surface area contributed by atoms with Gasteiger partial charge in [0.05, 0.1) is 12.1 Å². The third kappa shape index (κ3) is 2.64. The Kier molecular flexibility index (Phi) is 4.30. The Labute approximate surface area is 121 Å². The molecule has 1 fully saturated rings.